The Kier molecular flexibility index (Phi) is 8.17. The maximum Gasteiger partial charge on any atom is 0.508 e. The highest BCUT2D eigenvalue weighted by atomic mass is 16.7. The van der Waals surface area contributed by atoms with E-state index in [1.807, 2.05) is 30.3 Å². The van der Waals surface area contributed by atoms with Gasteiger partial charge < -0.3 is 23.7 Å². The lowest BCUT2D eigenvalue weighted by molar-refractivity contribution is -0.0280. The summed E-state index contributed by atoms with van der Waals surface area (Å²) in [6, 6.07) is 9.26. The number of para-hydroxylation sites is 1. The molecule has 6 heteroatoms. The van der Waals surface area contributed by atoms with Crippen LogP contribution in [-0.2, 0) is 18.9 Å². The van der Waals surface area contributed by atoms with Crippen molar-refractivity contribution in [3.8, 4) is 5.75 Å². The van der Waals surface area contributed by atoms with Crippen LogP contribution in [0.15, 0.2) is 30.3 Å². The fourth-order valence-corrected chi connectivity index (χ4v) is 1.39. The quantitative estimate of drug-likeness (QED) is 0.509. The van der Waals surface area contributed by atoms with Gasteiger partial charge in [-0.1, -0.05) is 18.2 Å². The Bertz CT molecular complexity index is 367. The zero-order chi connectivity index (χ0) is 14.6. The van der Waals surface area contributed by atoms with Crippen LogP contribution >= 0.6 is 0 Å². The van der Waals surface area contributed by atoms with Crippen LogP contribution in [0.4, 0.5) is 4.79 Å². The van der Waals surface area contributed by atoms with E-state index in [1.165, 1.54) is 14.2 Å². The lowest BCUT2D eigenvalue weighted by Gasteiger charge is -2.17. The minimum absolute atomic E-state index is 0.147. The Morgan fingerprint density at radius 1 is 1.05 bits per heavy atom. The van der Waals surface area contributed by atoms with Crippen molar-refractivity contribution in [3.63, 3.8) is 0 Å². The van der Waals surface area contributed by atoms with Gasteiger partial charge in [0.1, 0.15) is 19.0 Å². The van der Waals surface area contributed by atoms with E-state index in [0.717, 1.165) is 0 Å². The molecule has 1 atom stereocenters. The molecule has 0 aliphatic heterocycles. The highest BCUT2D eigenvalue weighted by Crippen LogP contribution is 2.09. The molecule has 1 rings (SSSR count). The van der Waals surface area contributed by atoms with Crippen molar-refractivity contribution < 1.29 is 28.5 Å². The molecule has 0 aliphatic carbocycles. The van der Waals surface area contributed by atoms with Crippen LogP contribution < -0.4 is 4.74 Å². The molecule has 0 amide bonds. The number of benzene rings is 1. The molecule has 0 aromatic heterocycles. The van der Waals surface area contributed by atoms with E-state index in [4.69, 9.17) is 23.7 Å². The molecule has 0 N–H and O–H groups in total. The van der Waals surface area contributed by atoms with E-state index in [-0.39, 0.29) is 19.8 Å². The van der Waals surface area contributed by atoms with Crippen molar-refractivity contribution in [1.29, 1.82) is 0 Å². The Hall–Kier alpha value is -1.79. The summed E-state index contributed by atoms with van der Waals surface area (Å²) in [5, 5.41) is 0. The number of carbonyl (C=O) groups excluding carboxylic acids is 1. The summed E-state index contributed by atoms with van der Waals surface area (Å²) in [5.74, 6) is 0.699. The van der Waals surface area contributed by atoms with Gasteiger partial charge in [0.05, 0.1) is 13.2 Å². The first kappa shape index (κ1) is 16.3. The third-order valence-corrected chi connectivity index (χ3v) is 2.30. The van der Waals surface area contributed by atoms with Crippen LogP contribution in [0.3, 0.4) is 0 Å². The first-order chi connectivity index (χ1) is 9.76. The summed E-state index contributed by atoms with van der Waals surface area (Å²) in [7, 11) is 3.05. The third kappa shape index (κ3) is 6.96. The van der Waals surface area contributed by atoms with Crippen molar-refractivity contribution in [2.24, 2.45) is 0 Å². The highest BCUT2D eigenvalue weighted by molar-refractivity contribution is 5.60. The Morgan fingerprint density at radius 3 is 2.45 bits per heavy atom. The van der Waals surface area contributed by atoms with Crippen molar-refractivity contribution in [3.05, 3.63) is 30.3 Å². The van der Waals surface area contributed by atoms with Gasteiger partial charge in [0, 0.05) is 14.2 Å². The molecule has 0 heterocycles. The standard InChI is InChI=1S/C14H20O6/c1-16-8-9-18-14(15)20-13(10-17-2)11-19-12-6-4-3-5-7-12/h3-7,13H,8-11H2,1-2H3. The Labute approximate surface area is 118 Å². The van der Waals surface area contributed by atoms with Crippen molar-refractivity contribution in [2.75, 3.05) is 40.6 Å². The molecule has 0 bridgehead atoms. The smallest absolute Gasteiger partial charge is 0.490 e. The van der Waals surface area contributed by atoms with Crippen LogP contribution in [0.1, 0.15) is 0 Å². The maximum atomic E-state index is 11.4. The average molecular weight is 284 g/mol. The second kappa shape index (κ2) is 10.1. The molecule has 112 valence electrons. The second-order valence-corrected chi connectivity index (χ2v) is 3.91. The van der Waals surface area contributed by atoms with E-state index >= 15 is 0 Å². The van der Waals surface area contributed by atoms with Gasteiger partial charge in [-0.3, -0.25) is 0 Å². The average Bonchev–Trinajstić information content (AvgIpc) is 2.46. The summed E-state index contributed by atoms with van der Waals surface area (Å²) in [6.07, 6.45) is -1.30. The predicted molar refractivity (Wildman–Crippen MR) is 71.9 cm³/mol. The van der Waals surface area contributed by atoms with E-state index in [1.54, 1.807) is 0 Å². The van der Waals surface area contributed by atoms with Gasteiger partial charge in [-0.05, 0) is 12.1 Å². The molecule has 0 fully saturated rings. The number of methoxy groups -OCH3 is 2. The van der Waals surface area contributed by atoms with Crippen molar-refractivity contribution in [1.82, 2.24) is 0 Å². The van der Waals surface area contributed by atoms with Crippen LogP contribution in [0, 0.1) is 0 Å². The van der Waals surface area contributed by atoms with Gasteiger partial charge in [-0.2, -0.15) is 0 Å². The topological polar surface area (TPSA) is 63.2 Å². The molecule has 0 radical (unpaired) electrons. The maximum absolute atomic E-state index is 11.4. The van der Waals surface area contributed by atoms with Gasteiger partial charge in [0.25, 0.3) is 0 Å². The number of ether oxygens (including phenoxy) is 5. The summed E-state index contributed by atoms with van der Waals surface area (Å²) < 4.78 is 25.2. The summed E-state index contributed by atoms with van der Waals surface area (Å²) >= 11 is 0. The molecule has 1 aromatic rings. The molecule has 20 heavy (non-hydrogen) atoms. The fraction of sp³-hybridized carbons (Fsp3) is 0.500. The molecule has 6 nitrogen and oxygen atoms in total. The monoisotopic (exact) mass is 284 g/mol. The van der Waals surface area contributed by atoms with Crippen LogP contribution in [0.2, 0.25) is 0 Å². The lowest BCUT2D eigenvalue weighted by Crippen LogP contribution is -2.30. The van der Waals surface area contributed by atoms with Crippen molar-refractivity contribution in [2.45, 2.75) is 6.10 Å². The van der Waals surface area contributed by atoms with Gasteiger partial charge in [-0.25, -0.2) is 4.79 Å². The number of rotatable bonds is 9. The van der Waals surface area contributed by atoms with Gasteiger partial charge in [0.15, 0.2) is 6.10 Å². The first-order valence-electron chi connectivity index (χ1n) is 6.25. The third-order valence-electron chi connectivity index (χ3n) is 2.30. The zero-order valence-electron chi connectivity index (χ0n) is 11.7. The molecule has 0 saturated heterocycles. The molecule has 1 unspecified atom stereocenters. The van der Waals surface area contributed by atoms with Crippen LogP contribution in [0.25, 0.3) is 0 Å². The SMILES string of the molecule is COCCOC(=O)OC(COC)COc1ccccc1. The van der Waals surface area contributed by atoms with Crippen molar-refractivity contribution >= 4 is 6.16 Å². The molecule has 0 aliphatic rings. The number of carbonyl (C=O) groups is 1. The van der Waals surface area contributed by atoms with Gasteiger partial charge in [0.2, 0.25) is 0 Å². The summed E-state index contributed by atoms with van der Waals surface area (Å²) in [5.41, 5.74) is 0. The lowest BCUT2D eigenvalue weighted by atomic mass is 10.3. The molecular formula is C14H20O6. The molecule has 0 spiro atoms. The summed E-state index contributed by atoms with van der Waals surface area (Å²) in [6.45, 7) is 0.891. The number of hydrogen-bond acceptors (Lipinski definition) is 6. The minimum atomic E-state index is -0.763. The Balaban J connectivity index is 2.34. The fourth-order valence-electron chi connectivity index (χ4n) is 1.39. The predicted octanol–water partition coefficient (Wildman–Crippen LogP) is 1.88. The first-order valence-corrected chi connectivity index (χ1v) is 6.25. The van der Waals surface area contributed by atoms with Crippen LogP contribution in [0.5, 0.6) is 5.75 Å². The Morgan fingerprint density at radius 2 is 1.80 bits per heavy atom. The highest BCUT2D eigenvalue weighted by Gasteiger charge is 2.16. The second-order valence-electron chi connectivity index (χ2n) is 3.91. The van der Waals surface area contributed by atoms with Crippen LogP contribution in [-0.4, -0.2) is 52.9 Å². The minimum Gasteiger partial charge on any atom is -0.490 e. The van der Waals surface area contributed by atoms with Gasteiger partial charge in [-0.15, -0.1) is 0 Å². The molecule has 0 saturated carbocycles. The largest absolute Gasteiger partial charge is 0.508 e. The van der Waals surface area contributed by atoms with E-state index < -0.39 is 12.3 Å². The molecule has 1 aromatic carbocycles. The van der Waals surface area contributed by atoms with Gasteiger partial charge >= 0.3 is 6.16 Å². The van der Waals surface area contributed by atoms with E-state index in [9.17, 15) is 4.79 Å². The van der Waals surface area contributed by atoms with E-state index in [0.29, 0.717) is 12.4 Å². The number of hydrogen-bond donors (Lipinski definition) is 0. The summed E-state index contributed by atoms with van der Waals surface area (Å²) in [4.78, 5) is 11.4. The zero-order valence-corrected chi connectivity index (χ0v) is 11.7. The van der Waals surface area contributed by atoms with E-state index in [2.05, 4.69) is 0 Å². The molecular weight excluding hydrogens is 264 g/mol. The normalized spacial score (nSPS) is 11.7.